The Kier molecular flexibility index (Phi) is 5.08. The van der Waals surface area contributed by atoms with Crippen molar-refractivity contribution >= 4 is 17.8 Å². The van der Waals surface area contributed by atoms with E-state index in [-0.39, 0.29) is 12.2 Å². The van der Waals surface area contributed by atoms with Gasteiger partial charge in [0.25, 0.3) is 5.91 Å². The van der Waals surface area contributed by atoms with Crippen LogP contribution < -0.4 is 10.6 Å². The summed E-state index contributed by atoms with van der Waals surface area (Å²) in [6.45, 7) is 1.10. The molecular weight excluding hydrogens is 302 g/mol. The van der Waals surface area contributed by atoms with Gasteiger partial charge in [0.1, 0.15) is 6.54 Å². The number of aromatic nitrogens is 1. The smallest absolute Gasteiger partial charge is 0.322 e. The number of aliphatic carboxylic acids is 1. The zero-order valence-corrected chi connectivity index (χ0v) is 12.3. The summed E-state index contributed by atoms with van der Waals surface area (Å²) >= 11 is 0. The van der Waals surface area contributed by atoms with Gasteiger partial charge in [-0.05, 0) is 6.92 Å². The number of amides is 2. The summed E-state index contributed by atoms with van der Waals surface area (Å²) in [6, 6.07) is 8.97. The number of carbonyl (C=O) groups excluding carboxylic acids is 2. The van der Waals surface area contributed by atoms with Crippen LogP contribution in [-0.2, 0) is 9.59 Å². The zero-order chi connectivity index (χ0) is 16.8. The standard InChI is InChI=1S/C15H15N3O5/c1-9-2-4-10(5-3-9)12-6-11(18-23-12)15(22)17-7-13(19)16-8-14(20)21/h2-6H,7-8H2,1H3,(H,16,19)(H,17,22)(H,20,21). The highest BCUT2D eigenvalue weighted by molar-refractivity contribution is 5.95. The van der Waals surface area contributed by atoms with E-state index in [1.165, 1.54) is 6.07 Å². The largest absolute Gasteiger partial charge is 0.480 e. The third-order valence-corrected chi connectivity index (χ3v) is 2.93. The van der Waals surface area contributed by atoms with Gasteiger partial charge in [-0.1, -0.05) is 35.0 Å². The highest BCUT2D eigenvalue weighted by Crippen LogP contribution is 2.20. The van der Waals surface area contributed by atoms with Gasteiger partial charge in [-0.2, -0.15) is 0 Å². The van der Waals surface area contributed by atoms with Crippen LogP contribution in [0.3, 0.4) is 0 Å². The molecule has 0 unspecified atom stereocenters. The number of carbonyl (C=O) groups is 3. The Bertz CT molecular complexity index is 721. The predicted molar refractivity (Wildman–Crippen MR) is 79.7 cm³/mol. The first-order valence-corrected chi connectivity index (χ1v) is 6.76. The molecule has 2 amide bonds. The van der Waals surface area contributed by atoms with Crippen LogP contribution in [-0.4, -0.2) is 41.1 Å². The van der Waals surface area contributed by atoms with Crippen molar-refractivity contribution in [2.75, 3.05) is 13.1 Å². The summed E-state index contributed by atoms with van der Waals surface area (Å²) in [6.07, 6.45) is 0. The van der Waals surface area contributed by atoms with E-state index < -0.39 is 24.3 Å². The van der Waals surface area contributed by atoms with Crippen LogP contribution >= 0.6 is 0 Å². The molecule has 0 saturated heterocycles. The molecule has 0 atom stereocenters. The van der Waals surface area contributed by atoms with Crippen LogP contribution in [0, 0.1) is 6.92 Å². The number of benzene rings is 1. The van der Waals surface area contributed by atoms with E-state index in [2.05, 4.69) is 15.8 Å². The summed E-state index contributed by atoms with van der Waals surface area (Å²) in [4.78, 5) is 33.5. The molecule has 120 valence electrons. The first kappa shape index (κ1) is 16.2. The lowest BCUT2D eigenvalue weighted by molar-refractivity contribution is -0.137. The molecule has 0 bridgehead atoms. The monoisotopic (exact) mass is 317 g/mol. The van der Waals surface area contributed by atoms with Crippen molar-refractivity contribution in [2.45, 2.75) is 6.92 Å². The maximum atomic E-state index is 11.9. The normalized spacial score (nSPS) is 10.1. The van der Waals surface area contributed by atoms with Crippen LogP contribution in [0.1, 0.15) is 16.1 Å². The van der Waals surface area contributed by atoms with E-state index in [1.54, 1.807) is 0 Å². The van der Waals surface area contributed by atoms with Gasteiger partial charge in [0, 0.05) is 11.6 Å². The molecule has 8 heteroatoms. The SMILES string of the molecule is Cc1ccc(-c2cc(C(=O)NCC(=O)NCC(=O)O)no2)cc1. The minimum Gasteiger partial charge on any atom is -0.480 e. The van der Waals surface area contributed by atoms with Crippen molar-refractivity contribution in [3.05, 3.63) is 41.6 Å². The third kappa shape index (κ3) is 4.67. The van der Waals surface area contributed by atoms with Crippen LogP contribution in [0.25, 0.3) is 11.3 Å². The Morgan fingerprint density at radius 1 is 1.13 bits per heavy atom. The van der Waals surface area contributed by atoms with Crippen LogP contribution in [0.15, 0.2) is 34.9 Å². The first-order chi connectivity index (χ1) is 11.0. The highest BCUT2D eigenvalue weighted by Gasteiger charge is 2.14. The predicted octanol–water partition coefficient (Wildman–Crippen LogP) is 0.581. The highest BCUT2D eigenvalue weighted by atomic mass is 16.5. The molecule has 23 heavy (non-hydrogen) atoms. The molecule has 1 aromatic carbocycles. The molecule has 0 saturated carbocycles. The molecule has 8 nitrogen and oxygen atoms in total. The lowest BCUT2D eigenvalue weighted by Crippen LogP contribution is -2.39. The van der Waals surface area contributed by atoms with Crippen molar-refractivity contribution in [3.8, 4) is 11.3 Å². The van der Waals surface area contributed by atoms with Gasteiger partial charge >= 0.3 is 5.97 Å². The molecule has 0 radical (unpaired) electrons. The Hall–Kier alpha value is -3.16. The molecule has 0 aliphatic heterocycles. The molecule has 0 spiro atoms. The van der Waals surface area contributed by atoms with Crippen molar-refractivity contribution in [3.63, 3.8) is 0 Å². The second-order valence-corrected chi connectivity index (χ2v) is 4.80. The Balaban J connectivity index is 1.92. The Morgan fingerprint density at radius 2 is 1.83 bits per heavy atom. The lowest BCUT2D eigenvalue weighted by Gasteiger charge is -2.02. The second-order valence-electron chi connectivity index (χ2n) is 4.80. The summed E-state index contributed by atoms with van der Waals surface area (Å²) in [5.74, 6) is -1.92. The van der Waals surface area contributed by atoms with Gasteiger partial charge in [0.2, 0.25) is 5.91 Å². The number of nitrogens with one attached hydrogen (secondary N) is 2. The van der Waals surface area contributed by atoms with E-state index in [9.17, 15) is 14.4 Å². The molecule has 0 aliphatic rings. The van der Waals surface area contributed by atoms with E-state index in [0.717, 1.165) is 11.1 Å². The van der Waals surface area contributed by atoms with E-state index in [1.807, 2.05) is 31.2 Å². The van der Waals surface area contributed by atoms with Crippen molar-refractivity contribution in [2.24, 2.45) is 0 Å². The third-order valence-electron chi connectivity index (χ3n) is 2.93. The van der Waals surface area contributed by atoms with Crippen LogP contribution in [0.5, 0.6) is 0 Å². The minimum absolute atomic E-state index is 0.0339. The van der Waals surface area contributed by atoms with Crippen LogP contribution in [0.2, 0.25) is 0 Å². The van der Waals surface area contributed by atoms with E-state index >= 15 is 0 Å². The average molecular weight is 317 g/mol. The number of hydrogen-bond donors (Lipinski definition) is 3. The van der Waals surface area contributed by atoms with Gasteiger partial charge in [-0.25, -0.2) is 0 Å². The maximum Gasteiger partial charge on any atom is 0.322 e. The van der Waals surface area contributed by atoms with Crippen molar-refractivity contribution < 1.29 is 24.0 Å². The molecule has 3 N–H and O–H groups in total. The number of nitrogens with zero attached hydrogens (tertiary/aromatic N) is 1. The van der Waals surface area contributed by atoms with Gasteiger partial charge < -0.3 is 20.3 Å². The number of carboxylic acid groups (broad SMARTS) is 1. The van der Waals surface area contributed by atoms with E-state index in [4.69, 9.17) is 9.63 Å². The van der Waals surface area contributed by atoms with E-state index in [0.29, 0.717) is 5.76 Å². The lowest BCUT2D eigenvalue weighted by atomic mass is 10.1. The average Bonchev–Trinajstić information content (AvgIpc) is 3.01. The molecule has 0 fully saturated rings. The Labute approximate surface area is 131 Å². The number of rotatable bonds is 6. The first-order valence-electron chi connectivity index (χ1n) is 6.76. The number of hydrogen-bond acceptors (Lipinski definition) is 5. The summed E-state index contributed by atoms with van der Waals surface area (Å²) in [7, 11) is 0. The summed E-state index contributed by atoms with van der Waals surface area (Å²) < 4.78 is 5.11. The quantitative estimate of drug-likeness (QED) is 0.716. The molecule has 0 aliphatic carbocycles. The number of aryl methyl sites for hydroxylation is 1. The van der Waals surface area contributed by atoms with Gasteiger partial charge in [0.15, 0.2) is 11.5 Å². The summed E-state index contributed by atoms with van der Waals surface area (Å²) in [5, 5.41) is 16.5. The van der Waals surface area contributed by atoms with Crippen LogP contribution in [0.4, 0.5) is 0 Å². The fourth-order valence-electron chi connectivity index (χ4n) is 1.72. The molecule has 2 rings (SSSR count). The fraction of sp³-hybridized carbons (Fsp3) is 0.200. The van der Waals surface area contributed by atoms with Crippen molar-refractivity contribution in [1.82, 2.24) is 15.8 Å². The summed E-state index contributed by atoms with van der Waals surface area (Å²) in [5.41, 5.74) is 1.91. The Morgan fingerprint density at radius 3 is 2.48 bits per heavy atom. The molecule has 1 aromatic heterocycles. The minimum atomic E-state index is -1.16. The van der Waals surface area contributed by atoms with Gasteiger partial charge in [-0.3, -0.25) is 14.4 Å². The number of carboxylic acids is 1. The molecule has 2 aromatic rings. The van der Waals surface area contributed by atoms with Crippen molar-refractivity contribution in [1.29, 1.82) is 0 Å². The van der Waals surface area contributed by atoms with Gasteiger partial charge in [-0.15, -0.1) is 0 Å². The molecule has 1 heterocycles. The maximum absolute atomic E-state index is 11.9. The second kappa shape index (κ2) is 7.21. The van der Waals surface area contributed by atoms with Gasteiger partial charge in [0.05, 0.1) is 6.54 Å². The topological polar surface area (TPSA) is 122 Å². The zero-order valence-electron chi connectivity index (χ0n) is 12.3. The molecular formula is C15H15N3O5. The fourth-order valence-corrected chi connectivity index (χ4v) is 1.72.